The smallest absolute Gasteiger partial charge is 0.255 e. The van der Waals surface area contributed by atoms with Crippen LogP contribution in [-0.4, -0.2) is 83.6 Å². The molecule has 6 N–H and O–H groups in total. The van der Waals surface area contributed by atoms with Crippen LogP contribution in [0.5, 0.6) is 5.75 Å². The third-order valence-corrected chi connectivity index (χ3v) is 7.67. The van der Waals surface area contributed by atoms with Gasteiger partial charge in [0.2, 0.25) is 0 Å². The molecule has 0 saturated heterocycles. The minimum Gasteiger partial charge on any atom is -0.509 e. The number of benzene rings is 1. The maximum absolute atomic E-state index is 14.2. The van der Waals surface area contributed by atoms with E-state index in [-0.39, 0.29) is 16.9 Å². The number of Topliss-reactive ketones (excluding diaryl/α,β-unsaturated/α-hetero) is 2. The van der Waals surface area contributed by atoms with Crippen molar-refractivity contribution in [2.75, 3.05) is 28.3 Å². The molecule has 1 amide bonds. The zero-order valence-corrected chi connectivity index (χ0v) is 19.6. The third-order valence-electron chi connectivity index (χ3n) is 7.67. The van der Waals surface area contributed by atoms with E-state index in [4.69, 9.17) is 10.5 Å². The molecule has 6 atom stereocenters. The summed E-state index contributed by atoms with van der Waals surface area (Å²) in [5.41, 5.74) is 3.51. The second-order valence-corrected chi connectivity index (χ2v) is 9.29. The van der Waals surface area contributed by atoms with Gasteiger partial charge in [0.25, 0.3) is 5.91 Å². The van der Waals surface area contributed by atoms with Gasteiger partial charge in [-0.05, 0) is 38.7 Å². The summed E-state index contributed by atoms with van der Waals surface area (Å²) in [6.07, 6.45) is -0.847. The summed E-state index contributed by atoms with van der Waals surface area (Å²) in [7, 11) is 6.11. The summed E-state index contributed by atoms with van der Waals surface area (Å²) in [6.45, 7) is 1.85. The van der Waals surface area contributed by atoms with E-state index in [1.54, 1.807) is 31.1 Å². The van der Waals surface area contributed by atoms with Crippen molar-refractivity contribution in [2.24, 2.45) is 17.6 Å². The standard InChI is InChI=1S/C24H29N3O7/c1-9-10-7-6-8-11(28)13(10)18(29)14-12(9)20(34-5)16-17(27(3)4)19(30)15(23(25)33)22(32)24(16,26-2)21(14)31/h6-9,12,16-17,20,26,28-29,32H,1-5H3,(H2,25,33)/t9-,12+,16-,17-,20?,24-/m0/s1. The number of nitrogens with zero attached hydrogens (tertiary/aromatic N) is 1. The highest BCUT2D eigenvalue weighted by Gasteiger charge is 2.68. The number of ether oxygens (including phenoxy) is 1. The summed E-state index contributed by atoms with van der Waals surface area (Å²) >= 11 is 0. The van der Waals surface area contributed by atoms with Crippen molar-refractivity contribution in [3.8, 4) is 5.75 Å². The number of phenolic OH excluding ortho intramolecular Hbond substituents is 1. The van der Waals surface area contributed by atoms with Gasteiger partial charge in [-0.25, -0.2) is 0 Å². The SMILES string of the molecule is CN[C@]12C(=O)C3=C(O)c4c(O)cccc4[C@H](C)[C@H]3C(OC)[C@@H]1[C@H](N(C)C)C(=O)C(C(N)=O)=C2O. The van der Waals surface area contributed by atoms with Gasteiger partial charge in [-0.15, -0.1) is 0 Å². The van der Waals surface area contributed by atoms with E-state index < -0.39 is 70.0 Å². The number of nitrogens with two attached hydrogens (primary N) is 1. The zero-order valence-electron chi connectivity index (χ0n) is 19.6. The van der Waals surface area contributed by atoms with Gasteiger partial charge in [0, 0.05) is 24.5 Å². The average Bonchev–Trinajstić information content (AvgIpc) is 2.76. The fourth-order valence-electron chi connectivity index (χ4n) is 6.26. The van der Waals surface area contributed by atoms with E-state index in [9.17, 15) is 29.7 Å². The number of aliphatic hydroxyl groups is 2. The maximum Gasteiger partial charge on any atom is 0.255 e. The molecule has 1 fully saturated rings. The van der Waals surface area contributed by atoms with Crippen LogP contribution in [0.15, 0.2) is 35.1 Å². The lowest BCUT2D eigenvalue weighted by molar-refractivity contribution is -0.147. The Bertz CT molecular complexity index is 1170. The van der Waals surface area contributed by atoms with Gasteiger partial charge in [-0.1, -0.05) is 19.1 Å². The van der Waals surface area contributed by atoms with Crippen LogP contribution in [0.1, 0.15) is 24.0 Å². The normalized spacial score (nSPS) is 33.1. The Kier molecular flexibility index (Phi) is 5.58. The maximum atomic E-state index is 14.2. The third kappa shape index (κ3) is 2.76. The second-order valence-electron chi connectivity index (χ2n) is 9.29. The van der Waals surface area contributed by atoms with E-state index in [1.165, 1.54) is 20.2 Å². The highest BCUT2D eigenvalue weighted by atomic mass is 16.5. The van der Waals surface area contributed by atoms with Gasteiger partial charge in [0.15, 0.2) is 11.6 Å². The Morgan fingerprint density at radius 1 is 1.21 bits per heavy atom. The number of fused-ring (bicyclic) bond motifs is 3. The lowest BCUT2D eigenvalue weighted by Gasteiger charge is -2.56. The number of amides is 1. The molecule has 3 aliphatic carbocycles. The number of aromatic hydroxyl groups is 1. The van der Waals surface area contributed by atoms with Crippen molar-refractivity contribution >= 4 is 23.2 Å². The van der Waals surface area contributed by atoms with Crippen LogP contribution in [0.2, 0.25) is 0 Å². The number of aliphatic hydroxyl groups excluding tert-OH is 2. The first kappa shape index (κ1) is 23.9. The first-order valence-corrected chi connectivity index (χ1v) is 10.9. The Morgan fingerprint density at radius 2 is 1.85 bits per heavy atom. The molecule has 3 aliphatic rings. The highest BCUT2D eigenvalue weighted by molar-refractivity contribution is 6.25. The lowest BCUT2D eigenvalue weighted by Crippen LogP contribution is -2.74. The summed E-state index contributed by atoms with van der Waals surface area (Å²) in [5.74, 6) is -6.06. The van der Waals surface area contributed by atoms with Crippen molar-refractivity contribution in [3.05, 3.63) is 46.2 Å². The van der Waals surface area contributed by atoms with Gasteiger partial charge in [0.1, 0.15) is 28.4 Å². The molecule has 1 aromatic rings. The molecule has 0 aromatic heterocycles. The second kappa shape index (κ2) is 7.93. The van der Waals surface area contributed by atoms with E-state index in [1.807, 2.05) is 6.92 Å². The molecule has 0 bridgehead atoms. The van der Waals surface area contributed by atoms with Gasteiger partial charge in [0.05, 0.1) is 17.7 Å². The fraction of sp³-hybridized carbons (Fsp3) is 0.458. The highest BCUT2D eigenvalue weighted by Crippen LogP contribution is 2.56. The molecule has 34 heavy (non-hydrogen) atoms. The van der Waals surface area contributed by atoms with Crippen LogP contribution in [0, 0.1) is 11.8 Å². The first-order valence-electron chi connectivity index (χ1n) is 10.9. The number of carbonyl (C=O) groups is 3. The molecule has 0 spiro atoms. The topological polar surface area (TPSA) is 162 Å². The van der Waals surface area contributed by atoms with E-state index in [0.29, 0.717) is 5.56 Å². The van der Waals surface area contributed by atoms with Gasteiger partial charge >= 0.3 is 0 Å². The Balaban J connectivity index is 2.13. The van der Waals surface area contributed by atoms with Crippen LogP contribution in [0.25, 0.3) is 5.76 Å². The van der Waals surface area contributed by atoms with Crippen molar-refractivity contribution in [1.29, 1.82) is 0 Å². The molecular formula is C24H29N3O7. The molecule has 1 aromatic carbocycles. The molecular weight excluding hydrogens is 442 g/mol. The summed E-state index contributed by atoms with van der Waals surface area (Å²) < 4.78 is 5.91. The van der Waals surface area contributed by atoms with Crippen LogP contribution < -0.4 is 11.1 Å². The predicted molar refractivity (Wildman–Crippen MR) is 122 cm³/mol. The summed E-state index contributed by atoms with van der Waals surface area (Å²) in [6, 6.07) is 3.76. The quantitative estimate of drug-likeness (QED) is 0.391. The Morgan fingerprint density at radius 3 is 2.38 bits per heavy atom. The Hall–Kier alpha value is -3.21. The zero-order chi connectivity index (χ0) is 25.3. The van der Waals surface area contributed by atoms with E-state index in [2.05, 4.69) is 5.32 Å². The minimum absolute atomic E-state index is 0.0545. The minimum atomic E-state index is -1.98. The monoisotopic (exact) mass is 471 g/mol. The number of phenols is 1. The molecule has 10 nitrogen and oxygen atoms in total. The van der Waals surface area contributed by atoms with Crippen LogP contribution in [0.4, 0.5) is 0 Å². The number of primary amides is 1. The molecule has 10 heteroatoms. The van der Waals surface area contributed by atoms with Gasteiger partial charge in [-0.2, -0.15) is 0 Å². The predicted octanol–water partition coefficient (Wildman–Crippen LogP) is 0.377. The van der Waals surface area contributed by atoms with Crippen LogP contribution in [0.3, 0.4) is 0 Å². The number of nitrogens with one attached hydrogen (secondary N) is 1. The molecule has 0 aliphatic heterocycles. The molecule has 1 saturated carbocycles. The number of likely N-dealkylation sites (N-methyl/N-ethyl adjacent to an activating group) is 2. The van der Waals surface area contributed by atoms with Crippen LogP contribution >= 0.6 is 0 Å². The van der Waals surface area contributed by atoms with E-state index in [0.717, 1.165) is 0 Å². The molecule has 182 valence electrons. The number of methoxy groups -OCH3 is 1. The number of carbonyl (C=O) groups excluding carboxylic acids is 3. The number of rotatable bonds is 4. The number of hydrogen-bond acceptors (Lipinski definition) is 9. The van der Waals surface area contributed by atoms with Gasteiger partial charge < -0.3 is 31.1 Å². The Labute approximate surface area is 196 Å². The van der Waals surface area contributed by atoms with Gasteiger partial charge in [-0.3, -0.25) is 19.3 Å². The molecule has 0 radical (unpaired) electrons. The van der Waals surface area contributed by atoms with Crippen LogP contribution in [-0.2, 0) is 19.1 Å². The van der Waals surface area contributed by atoms with Crippen molar-refractivity contribution in [3.63, 3.8) is 0 Å². The molecule has 1 unspecified atom stereocenters. The molecule has 4 rings (SSSR count). The first-order chi connectivity index (χ1) is 16.0. The summed E-state index contributed by atoms with van der Waals surface area (Å²) in [5, 5.41) is 35.9. The van der Waals surface area contributed by atoms with E-state index >= 15 is 0 Å². The van der Waals surface area contributed by atoms with Crippen molar-refractivity contribution in [1.82, 2.24) is 10.2 Å². The largest absolute Gasteiger partial charge is 0.509 e. The fourth-order valence-corrected chi connectivity index (χ4v) is 6.26. The van der Waals surface area contributed by atoms with Crippen molar-refractivity contribution < 1.29 is 34.4 Å². The number of hydrogen-bond donors (Lipinski definition) is 5. The summed E-state index contributed by atoms with van der Waals surface area (Å²) in [4.78, 5) is 41.5. The van der Waals surface area contributed by atoms with Crippen molar-refractivity contribution in [2.45, 2.75) is 30.5 Å². The lowest BCUT2D eigenvalue weighted by atomic mass is 9.53. The number of ketones is 2. The molecule has 0 heterocycles. The average molecular weight is 472 g/mol.